The van der Waals surface area contributed by atoms with Crippen LogP contribution in [0.3, 0.4) is 0 Å². The summed E-state index contributed by atoms with van der Waals surface area (Å²) in [6, 6.07) is 7.98. The summed E-state index contributed by atoms with van der Waals surface area (Å²) in [6.07, 6.45) is 1.66. The zero-order valence-electron chi connectivity index (χ0n) is 11.5. The first-order valence-electron chi connectivity index (χ1n) is 6.40. The van der Waals surface area contributed by atoms with Gasteiger partial charge >= 0.3 is 5.97 Å². The molecule has 0 aliphatic rings. The van der Waals surface area contributed by atoms with Crippen LogP contribution in [-0.2, 0) is 17.7 Å². The van der Waals surface area contributed by atoms with Crippen molar-refractivity contribution in [2.75, 3.05) is 7.11 Å². The van der Waals surface area contributed by atoms with Gasteiger partial charge in [-0.3, -0.25) is 0 Å². The Morgan fingerprint density at radius 1 is 1.35 bits per heavy atom. The van der Waals surface area contributed by atoms with E-state index in [4.69, 9.17) is 4.74 Å². The summed E-state index contributed by atoms with van der Waals surface area (Å²) in [6.45, 7) is 2.64. The Kier molecular flexibility index (Phi) is 4.89. The summed E-state index contributed by atoms with van der Waals surface area (Å²) >= 11 is 3.41. The number of methoxy groups -OCH3 is 1. The molecule has 106 valence electrons. The molecule has 0 aliphatic heterocycles. The highest BCUT2D eigenvalue weighted by atomic mass is 79.9. The van der Waals surface area contributed by atoms with Crippen LogP contribution in [0.2, 0.25) is 0 Å². The van der Waals surface area contributed by atoms with Crippen molar-refractivity contribution in [2.45, 2.75) is 26.3 Å². The molecule has 0 bridgehead atoms. The zero-order valence-corrected chi connectivity index (χ0v) is 13.1. The van der Waals surface area contributed by atoms with Gasteiger partial charge in [0.25, 0.3) is 0 Å². The van der Waals surface area contributed by atoms with Crippen LogP contribution >= 0.6 is 15.9 Å². The Morgan fingerprint density at radius 3 is 2.65 bits per heavy atom. The molecule has 1 aromatic heterocycles. The van der Waals surface area contributed by atoms with Gasteiger partial charge in [-0.05, 0) is 24.1 Å². The molecule has 6 heteroatoms. The fraction of sp³-hybridized carbons (Fsp3) is 0.357. The van der Waals surface area contributed by atoms with Gasteiger partial charge in [0, 0.05) is 4.47 Å². The number of halogens is 1. The molecule has 0 atom stereocenters. The molecule has 1 heterocycles. The first kappa shape index (κ1) is 14.7. The minimum Gasteiger partial charge on any atom is -0.464 e. The van der Waals surface area contributed by atoms with Crippen LogP contribution in [0, 0.1) is 0 Å². The molecule has 2 aromatic rings. The minimum absolute atomic E-state index is 0.312. The molecule has 0 aliphatic carbocycles. The number of carbonyl (C=O) groups is 1. The molecule has 0 amide bonds. The average Bonchev–Trinajstić information content (AvgIpc) is 2.84. The number of carbonyl (C=O) groups excluding carboxylic acids is 1. The van der Waals surface area contributed by atoms with Gasteiger partial charge < -0.3 is 4.74 Å². The van der Waals surface area contributed by atoms with Crippen LogP contribution in [0.5, 0.6) is 0 Å². The third kappa shape index (κ3) is 3.25. The highest BCUT2D eigenvalue weighted by Gasteiger charge is 2.19. The Bertz CT molecular complexity index is 593. The number of benzene rings is 1. The van der Waals surface area contributed by atoms with Gasteiger partial charge in [-0.15, -0.1) is 5.10 Å². The first-order chi connectivity index (χ1) is 9.65. The number of hydrogen-bond acceptors (Lipinski definition) is 4. The van der Waals surface area contributed by atoms with Crippen LogP contribution in [0.4, 0.5) is 0 Å². The fourth-order valence-electron chi connectivity index (χ4n) is 1.96. The summed E-state index contributed by atoms with van der Waals surface area (Å²) in [4.78, 5) is 11.7. The number of ether oxygens (including phenoxy) is 1. The lowest BCUT2D eigenvalue weighted by Crippen LogP contribution is -2.10. The van der Waals surface area contributed by atoms with E-state index in [9.17, 15) is 4.79 Å². The number of hydrogen-bond donors (Lipinski definition) is 0. The number of nitrogens with zero attached hydrogens (tertiary/aromatic N) is 3. The van der Waals surface area contributed by atoms with E-state index in [-0.39, 0.29) is 0 Å². The van der Waals surface area contributed by atoms with Crippen LogP contribution in [0.25, 0.3) is 0 Å². The smallest absolute Gasteiger partial charge is 0.360 e. The maximum Gasteiger partial charge on any atom is 0.360 e. The summed E-state index contributed by atoms with van der Waals surface area (Å²) in [7, 11) is 1.35. The maximum atomic E-state index is 11.7. The predicted molar refractivity (Wildman–Crippen MR) is 78.6 cm³/mol. The maximum absolute atomic E-state index is 11.7. The summed E-state index contributed by atoms with van der Waals surface area (Å²) in [5.41, 5.74) is 2.24. The van der Waals surface area contributed by atoms with Gasteiger partial charge in [-0.25, -0.2) is 9.48 Å². The van der Waals surface area contributed by atoms with Crippen molar-refractivity contribution in [2.24, 2.45) is 0 Å². The van der Waals surface area contributed by atoms with Crippen molar-refractivity contribution in [1.29, 1.82) is 0 Å². The first-order valence-corrected chi connectivity index (χ1v) is 7.20. The van der Waals surface area contributed by atoms with E-state index in [2.05, 4.69) is 33.2 Å². The molecular formula is C14H16BrN3O2. The van der Waals surface area contributed by atoms with Crippen LogP contribution in [0.1, 0.15) is 35.1 Å². The molecule has 5 nitrogen and oxygen atoms in total. The quantitative estimate of drug-likeness (QED) is 0.787. The number of rotatable bonds is 5. The zero-order chi connectivity index (χ0) is 14.5. The number of aromatic nitrogens is 3. The molecule has 1 aromatic carbocycles. The third-order valence-electron chi connectivity index (χ3n) is 2.95. The fourth-order valence-corrected chi connectivity index (χ4v) is 2.23. The van der Waals surface area contributed by atoms with Crippen LogP contribution in [-0.4, -0.2) is 28.1 Å². The van der Waals surface area contributed by atoms with Crippen molar-refractivity contribution in [1.82, 2.24) is 15.0 Å². The molecule has 2 rings (SSSR count). The normalized spacial score (nSPS) is 10.6. The van der Waals surface area contributed by atoms with Crippen LogP contribution < -0.4 is 0 Å². The van der Waals surface area contributed by atoms with Crippen molar-refractivity contribution >= 4 is 21.9 Å². The highest BCUT2D eigenvalue weighted by Crippen LogP contribution is 2.14. The molecule has 0 radical (unpaired) electrons. The molecule has 0 saturated carbocycles. The third-order valence-corrected chi connectivity index (χ3v) is 3.48. The number of esters is 1. The summed E-state index contributed by atoms with van der Waals surface area (Å²) < 4.78 is 7.54. The monoisotopic (exact) mass is 337 g/mol. The molecule has 0 unspecified atom stereocenters. The topological polar surface area (TPSA) is 57.0 Å². The summed E-state index contributed by atoms with van der Waals surface area (Å²) in [5, 5.41) is 8.02. The van der Waals surface area contributed by atoms with Crippen LogP contribution in [0.15, 0.2) is 28.7 Å². The molecule has 0 N–H and O–H groups in total. The van der Waals surface area contributed by atoms with Gasteiger partial charge in [0.2, 0.25) is 0 Å². The van der Waals surface area contributed by atoms with Gasteiger partial charge in [0.05, 0.1) is 19.3 Å². The SMILES string of the molecule is CCCc1c(C(=O)OC)nnn1Cc1ccc(Br)cc1. The Morgan fingerprint density at radius 2 is 2.05 bits per heavy atom. The Labute approximate surface area is 126 Å². The predicted octanol–water partition coefficient (Wildman–Crippen LogP) is 2.83. The largest absolute Gasteiger partial charge is 0.464 e. The highest BCUT2D eigenvalue weighted by molar-refractivity contribution is 9.10. The van der Waals surface area contributed by atoms with E-state index in [0.29, 0.717) is 12.2 Å². The molecule has 0 saturated heterocycles. The lowest BCUT2D eigenvalue weighted by atomic mass is 10.2. The standard InChI is InChI=1S/C14H16BrN3O2/c1-3-4-12-13(14(19)20-2)16-17-18(12)9-10-5-7-11(15)8-6-10/h5-8H,3-4,9H2,1-2H3. The van der Waals surface area contributed by atoms with Gasteiger partial charge in [0.15, 0.2) is 5.69 Å². The van der Waals surface area contributed by atoms with Crippen molar-refractivity contribution < 1.29 is 9.53 Å². The van der Waals surface area contributed by atoms with Crippen molar-refractivity contribution in [3.63, 3.8) is 0 Å². The van der Waals surface area contributed by atoms with E-state index >= 15 is 0 Å². The van der Waals surface area contributed by atoms with E-state index in [1.54, 1.807) is 4.68 Å². The van der Waals surface area contributed by atoms with E-state index in [1.807, 2.05) is 24.3 Å². The van der Waals surface area contributed by atoms with Gasteiger partial charge in [0.1, 0.15) is 0 Å². The second kappa shape index (κ2) is 6.65. The van der Waals surface area contributed by atoms with E-state index in [0.717, 1.165) is 28.6 Å². The van der Waals surface area contributed by atoms with E-state index in [1.165, 1.54) is 7.11 Å². The molecular weight excluding hydrogens is 322 g/mol. The molecule has 0 spiro atoms. The van der Waals surface area contributed by atoms with E-state index < -0.39 is 5.97 Å². The van der Waals surface area contributed by atoms with Gasteiger partial charge in [-0.2, -0.15) is 0 Å². The molecule has 0 fully saturated rings. The Balaban J connectivity index is 2.29. The lowest BCUT2D eigenvalue weighted by Gasteiger charge is -2.07. The molecule has 20 heavy (non-hydrogen) atoms. The second-order valence-electron chi connectivity index (χ2n) is 4.41. The Hall–Kier alpha value is -1.69. The summed E-state index contributed by atoms with van der Waals surface area (Å²) in [5.74, 6) is -0.435. The van der Waals surface area contributed by atoms with Crippen molar-refractivity contribution in [3.05, 3.63) is 45.7 Å². The lowest BCUT2D eigenvalue weighted by molar-refractivity contribution is 0.0592. The minimum atomic E-state index is -0.435. The second-order valence-corrected chi connectivity index (χ2v) is 5.33. The van der Waals surface area contributed by atoms with Crippen molar-refractivity contribution in [3.8, 4) is 0 Å². The van der Waals surface area contributed by atoms with Gasteiger partial charge in [-0.1, -0.05) is 46.6 Å². The average molecular weight is 338 g/mol.